The molecule has 0 fully saturated rings. The maximum Gasteiger partial charge on any atom is 0.204 e. The number of fused-ring (bicyclic) bond motifs is 1. The van der Waals surface area contributed by atoms with E-state index in [2.05, 4.69) is 0 Å². The molecule has 0 saturated carbocycles. The van der Waals surface area contributed by atoms with Crippen molar-refractivity contribution in [3.8, 4) is 39.9 Å². The summed E-state index contributed by atoms with van der Waals surface area (Å²) in [6.07, 6.45) is 1.40. The average Bonchev–Trinajstić information content (AvgIpc) is 2.71. The second-order valence-corrected chi connectivity index (χ2v) is 5.57. The van der Waals surface area contributed by atoms with Crippen LogP contribution in [0.15, 0.2) is 39.7 Å². The molecule has 1 aromatic heterocycles. The standard InChI is InChI=1S/C20H20O7/c1-22-13-7-6-11(8-14(13)23-2)12-10-27-15-9-16(24-3)19(25-4)20(26-5)17(15)18(12)21/h6-10H,1-5H3. The molecule has 0 atom stereocenters. The maximum absolute atomic E-state index is 13.2. The molecule has 0 N–H and O–H groups in total. The van der Waals surface area contributed by atoms with E-state index in [1.807, 2.05) is 0 Å². The van der Waals surface area contributed by atoms with Crippen molar-refractivity contribution in [2.45, 2.75) is 0 Å². The van der Waals surface area contributed by atoms with Crippen LogP contribution >= 0.6 is 0 Å². The second-order valence-electron chi connectivity index (χ2n) is 5.57. The zero-order chi connectivity index (χ0) is 19.6. The van der Waals surface area contributed by atoms with Crippen molar-refractivity contribution in [1.82, 2.24) is 0 Å². The first-order chi connectivity index (χ1) is 13.1. The highest BCUT2D eigenvalue weighted by Crippen LogP contribution is 2.42. The van der Waals surface area contributed by atoms with Crippen LogP contribution in [-0.4, -0.2) is 35.5 Å². The van der Waals surface area contributed by atoms with Gasteiger partial charge in [-0.25, -0.2) is 0 Å². The van der Waals surface area contributed by atoms with Gasteiger partial charge in [0.2, 0.25) is 11.2 Å². The van der Waals surface area contributed by atoms with E-state index in [0.717, 1.165) is 0 Å². The third-order valence-electron chi connectivity index (χ3n) is 4.26. The first-order valence-corrected chi connectivity index (χ1v) is 8.06. The molecule has 0 aliphatic heterocycles. The fourth-order valence-corrected chi connectivity index (χ4v) is 2.96. The number of rotatable bonds is 6. The van der Waals surface area contributed by atoms with E-state index < -0.39 is 0 Å². The van der Waals surface area contributed by atoms with Crippen LogP contribution in [0.4, 0.5) is 0 Å². The third kappa shape index (κ3) is 3.01. The summed E-state index contributed by atoms with van der Waals surface area (Å²) in [5, 5.41) is 0.266. The predicted octanol–water partition coefficient (Wildman–Crippen LogP) is 3.50. The first-order valence-electron chi connectivity index (χ1n) is 8.06. The lowest BCUT2D eigenvalue weighted by atomic mass is 10.0. The van der Waals surface area contributed by atoms with Gasteiger partial charge in [-0.05, 0) is 17.7 Å². The molecule has 7 heteroatoms. The van der Waals surface area contributed by atoms with Gasteiger partial charge >= 0.3 is 0 Å². The Morgan fingerprint density at radius 2 is 1.41 bits per heavy atom. The molecule has 0 saturated heterocycles. The van der Waals surface area contributed by atoms with Gasteiger partial charge in [0.05, 0.1) is 41.1 Å². The van der Waals surface area contributed by atoms with Crippen molar-refractivity contribution in [2.75, 3.05) is 35.5 Å². The molecule has 0 bridgehead atoms. The SMILES string of the molecule is COc1ccc(-c2coc3cc(OC)c(OC)c(OC)c3c2=O)cc1OC. The van der Waals surface area contributed by atoms with Crippen LogP contribution in [0.5, 0.6) is 28.7 Å². The Morgan fingerprint density at radius 1 is 0.741 bits per heavy atom. The second kappa shape index (κ2) is 7.49. The van der Waals surface area contributed by atoms with Gasteiger partial charge in [0.25, 0.3) is 0 Å². The molecule has 0 spiro atoms. The molecule has 0 radical (unpaired) electrons. The van der Waals surface area contributed by atoms with Crippen LogP contribution in [0.25, 0.3) is 22.1 Å². The van der Waals surface area contributed by atoms with Crippen LogP contribution in [0.1, 0.15) is 0 Å². The van der Waals surface area contributed by atoms with Gasteiger partial charge < -0.3 is 28.1 Å². The summed E-state index contributed by atoms with van der Waals surface area (Å²) >= 11 is 0. The van der Waals surface area contributed by atoms with Crippen molar-refractivity contribution in [2.24, 2.45) is 0 Å². The number of ether oxygens (including phenoxy) is 5. The van der Waals surface area contributed by atoms with Crippen LogP contribution in [0.3, 0.4) is 0 Å². The Hall–Kier alpha value is -3.35. The van der Waals surface area contributed by atoms with E-state index in [1.165, 1.54) is 34.7 Å². The molecule has 0 aliphatic rings. The van der Waals surface area contributed by atoms with E-state index in [1.54, 1.807) is 31.4 Å². The minimum absolute atomic E-state index is 0.253. The van der Waals surface area contributed by atoms with Gasteiger partial charge in [0.1, 0.15) is 17.2 Å². The van der Waals surface area contributed by atoms with Gasteiger partial charge in [-0.1, -0.05) is 6.07 Å². The Labute approximate surface area is 156 Å². The van der Waals surface area contributed by atoms with Crippen molar-refractivity contribution in [1.29, 1.82) is 0 Å². The normalized spacial score (nSPS) is 10.6. The number of methoxy groups -OCH3 is 5. The summed E-state index contributed by atoms with van der Waals surface area (Å²) < 4.78 is 32.4. The Kier molecular flexibility index (Phi) is 5.12. The molecule has 27 heavy (non-hydrogen) atoms. The van der Waals surface area contributed by atoms with Gasteiger partial charge in [-0.3, -0.25) is 4.79 Å². The molecular formula is C20H20O7. The van der Waals surface area contributed by atoms with Crippen molar-refractivity contribution in [3.05, 3.63) is 40.8 Å². The molecule has 7 nitrogen and oxygen atoms in total. The monoisotopic (exact) mass is 372 g/mol. The summed E-state index contributed by atoms with van der Waals surface area (Å²) in [6, 6.07) is 6.79. The molecular weight excluding hydrogens is 352 g/mol. The van der Waals surface area contributed by atoms with E-state index in [0.29, 0.717) is 39.7 Å². The molecule has 1 heterocycles. The summed E-state index contributed by atoms with van der Waals surface area (Å²) in [7, 11) is 7.52. The minimum Gasteiger partial charge on any atom is -0.493 e. The quantitative estimate of drug-likeness (QED) is 0.655. The van der Waals surface area contributed by atoms with Crippen molar-refractivity contribution >= 4 is 11.0 Å². The predicted molar refractivity (Wildman–Crippen MR) is 101 cm³/mol. The largest absolute Gasteiger partial charge is 0.493 e. The molecule has 142 valence electrons. The van der Waals surface area contributed by atoms with Crippen molar-refractivity contribution < 1.29 is 28.1 Å². The lowest BCUT2D eigenvalue weighted by molar-refractivity contribution is 0.326. The zero-order valence-corrected chi connectivity index (χ0v) is 15.7. The van der Waals surface area contributed by atoms with E-state index >= 15 is 0 Å². The van der Waals surface area contributed by atoms with Crippen LogP contribution in [0, 0.1) is 0 Å². The summed E-state index contributed by atoms with van der Waals surface area (Å²) in [5.41, 5.74) is 1.05. The van der Waals surface area contributed by atoms with E-state index in [4.69, 9.17) is 28.1 Å². The molecule has 0 aliphatic carbocycles. The topological polar surface area (TPSA) is 76.4 Å². The van der Waals surface area contributed by atoms with Gasteiger partial charge in [0, 0.05) is 6.07 Å². The van der Waals surface area contributed by atoms with Gasteiger partial charge in [-0.15, -0.1) is 0 Å². The molecule has 0 amide bonds. The number of hydrogen-bond donors (Lipinski definition) is 0. The number of benzene rings is 2. The smallest absolute Gasteiger partial charge is 0.204 e. The molecule has 3 rings (SSSR count). The average molecular weight is 372 g/mol. The molecule has 0 unspecified atom stereocenters. The van der Waals surface area contributed by atoms with Crippen LogP contribution < -0.4 is 29.1 Å². The zero-order valence-electron chi connectivity index (χ0n) is 15.7. The fraction of sp³-hybridized carbons (Fsp3) is 0.250. The first kappa shape index (κ1) is 18.4. The van der Waals surface area contributed by atoms with Crippen molar-refractivity contribution in [3.63, 3.8) is 0 Å². The fourth-order valence-electron chi connectivity index (χ4n) is 2.96. The molecule has 2 aromatic carbocycles. The lowest BCUT2D eigenvalue weighted by Gasteiger charge is -2.14. The number of hydrogen-bond acceptors (Lipinski definition) is 7. The van der Waals surface area contributed by atoms with Gasteiger partial charge in [0.15, 0.2) is 23.0 Å². The third-order valence-corrected chi connectivity index (χ3v) is 4.26. The highest BCUT2D eigenvalue weighted by atomic mass is 16.5. The van der Waals surface area contributed by atoms with Gasteiger partial charge in [-0.2, -0.15) is 0 Å². The lowest BCUT2D eigenvalue weighted by Crippen LogP contribution is -2.08. The minimum atomic E-state index is -0.263. The highest BCUT2D eigenvalue weighted by Gasteiger charge is 2.22. The Morgan fingerprint density at radius 3 is 2.00 bits per heavy atom. The Bertz CT molecular complexity index is 1040. The summed E-state index contributed by atoms with van der Waals surface area (Å²) in [6.45, 7) is 0. The van der Waals surface area contributed by atoms with Crippen LogP contribution in [0.2, 0.25) is 0 Å². The Balaban J connectivity index is 2.31. The van der Waals surface area contributed by atoms with E-state index in [9.17, 15) is 4.79 Å². The van der Waals surface area contributed by atoms with Crippen LogP contribution in [-0.2, 0) is 0 Å². The summed E-state index contributed by atoms with van der Waals surface area (Å²) in [5.74, 6) is 2.06. The summed E-state index contributed by atoms with van der Waals surface area (Å²) in [4.78, 5) is 13.2. The maximum atomic E-state index is 13.2. The van der Waals surface area contributed by atoms with E-state index in [-0.39, 0.29) is 16.6 Å². The molecule has 3 aromatic rings. The highest BCUT2D eigenvalue weighted by molar-refractivity contribution is 5.91.